The largest absolute Gasteiger partial charge is 0.393 e. The molecule has 1 fully saturated rings. The van der Waals surface area contributed by atoms with Crippen LogP contribution in [0, 0.1) is 5.92 Å². The zero-order chi connectivity index (χ0) is 11.9. The molecule has 1 N–H and O–H groups in total. The molecule has 1 unspecified atom stereocenters. The second-order valence-corrected chi connectivity index (χ2v) is 6.05. The highest BCUT2D eigenvalue weighted by Crippen LogP contribution is 2.29. The van der Waals surface area contributed by atoms with Crippen molar-refractivity contribution in [1.82, 2.24) is 0 Å². The lowest BCUT2D eigenvalue weighted by molar-refractivity contribution is 0.148. The lowest BCUT2D eigenvalue weighted by Crippen LogP contribution is -2.13. The number of hydrogen-bond donors (Lipinski definition) is 1. The van der Waals surface area contributed by atoms with Gasteiger partial charge in [-0.3, -0.25) is 0 Å². The van der Waals surface area contributed by atoms with Gasteiger partial charge in [0, 0.05) is 0 Å². The average molecular weight is 236 g/mol. The quantitative estimate of drug-likeness (QED) is 0.692. The fourth-order valence-corrected chi connectivity index (χ4v) is 3.40. The van der Waals surface area contributed by atoms with E-state index >= 15 is 0 Å². The molecule has 0 aliphatic heterocycles. The highest BCUT2D eigenvalue weighted by molar-refractivity contribution is 5.06. The van der Waals surface area contributed by atoms with E-state index in [1.807, 2.05) is 0 Å². The van der Waals surface area contributed by atoms with Crippen molar-refractivity contribution in [2.24, 2.45) is 5.92 Å². The molecule has 0 bridgehead atoms. The van der Waals surface area contributed by atoms with Crippen LogP contribution in [0.3, 0.4) is 0 Å². The fraction of sp³-hybridized carbons (Fsp3) is 0.875. The molecular formula is C16H28O. The molecule has 0 aromatic carbocycles. The van der Waals surface area contributed by atoms with Gasteiger partial charge in [-0.05, 0) is 50.9 Å². The van der Waals surface area contributed by atoms with E-state index in [0.717, 1.165) is 18.8 Å². The first-order valence-corrected chi connectivity index (χ1v) is 7.70. The van der Waals surface area contributed by atoms with Crippen LogP contribution in [0.5, 0.6) is 0 Å². The maximum atomic E-state index is 10.1. The van der Waals surface area contributed by atoms with E-state index < -0.39 is 0 Å². The molecule has 2 rings (SSSR count). The Morgan fingerprint density at radius 1 is 1.12 bits per heavy atom. The van der Waals surface area contributed by atoms with Gasteiger partial charge in [0.2, 0.25) is 0 Å². The molecule has 17 heavy (non-hydrogen) atoms. The zero-order valence-corrected chi connectivity index (χ0v) is 11.2. The Morgan fingerprint density at radius 2 is 1.94 bits per heavy atom. The molecule has 0 saturated heterocycles. The first-order valence-electron chi connectivity index (χ1n) is 7.70. The smallest absolute Gasteiger partial charge is 0.0577 e. The third-order valence-electron chi connectivity index (χ3n) is 4.52. The van der Waals surface area contributed by atoms with Gasteiger partial charge in [-0.1, -0.05) is 43.8 Å². The molecule has 0 amide bonds. The summed E-state index contributed by atoms with van der Waals surface area (Å²) < 4.78 is 0. The van der Waals surface area contributed by atoms with Crippen LogP contribution in [-0.2, 0) is 0 Å². The van der Waals surface area contributed by atoms with E-state index in [1.54, 1.807) is 0 Å². The molecule has 0 spiro atoms. The standard InChI is InChI=1S/C16H28O/c17-16(13-15-9-5-2-6-10-15)12-11-14-7-3-1-4-8-14/h9,14,16-17H,1-8,10-13H2. The highest BCUT2D eigenvalue weighted by atomic mass is 16.3. The Kier molecular flexibility index (Phi) is 5.57. The summed E-state index contributed by atoms with van der Waals surface area (Å²) in [7, 11) is 0. The first kappa shape index (κ1) is 13.1. The monoisotopic (exact) mass is 236 g/mol. The van der Waals surface area contributed by atoms with Gasteiger partial charge in [-0.15, -0.1) is 0 Å². The van der Waals surface area contributed by atoms with Gasteiger partial charge in [0.1, 0.15) is 0 Å². The van der Waals surface area contributed by atoms with Crippen molar-refractivity contribution in [3.05, 3.63) is 11.6 Å². The van der Waals surface area contributed by atoms with E-state index in [-0.39, 0.29) is 6.10 Å². The molecule has 0 aromatic rings. The number of rotatable bonds is 5. The van der Waals surface area contributed by atoms with Crippen molar-refractivity contribution < 1.29 is 5.11 Å². The van der Waals surface area contributed by atoms with Crippen molar-refractivity contribution in [3.8, 4) is 0 Å². The lowest BCUT2D eigenvalue weighted by Gasteiger charge is -2.23. The summed E-state index contributed by atoms with van der Waals surface area (Å²) in [6.45, 7) is 0. The number of allylic oxidation sites excluding steroid dienone is 1. The summed E-state index contributed by atoms with van der Waals surface area (Å²) in [4.78, 5) is 0. The number of aliphatic hydroxyl groups is 1. The summed E-state index contributed by atoms with van der Waals surface area (Å²) in [6, 6.07) is 0. The van der Waals surface area contributed by atoms with E-state index in [4.69, 9.17) is 0 Å². The molecular weight excluding hydrogens is 208 g/mol. The van der Waals surface area contributed by atoms with Crippen LogP contribution in [0.25, 0.3) is 0 Å². The topological polar surface area (TPSA) is 20.2 Å². The summed E-state index contributed by atoms with van der Waals surface area (Å²) in [6.07, 6.45) is 17.8. The molecule has 1 saturated carbocycles. The van der Waals surface area contributed by atoms with E-state index in [1.165, 1.54) is 69.8 Å². The molecule has 1 nitrogen and oxygen atoms in total. The third-order valence-corrected chi connectivity index (χ3v) is 4.52. The minimum atomic E-state index is -0.0683. The molecule has 0 heterocycles. The van der Waals surface area contributed by atoms with Crippen LogP contribution in [0.15, 0.2) is 11.6 Å². The van der Waals surface area contributed by atoms with E-state index in [0.29, 0.717) is 0 Å². The molecule has 2 aliphatic carbocycles. The first-order chi connectivity index (χ1) is 8.34. The maximum absolute atomic E-state index is 10.1. The fourth-order valence-electron chi connectivity index (χ4n) is 3.40. The molecule has 0 aromatic heterocycles. The molecule has 98 valence electrons. The number of hydrogen-bond acceptors (Lipinski definition) is 1. The van der Waals surface area contributed by atoms with Crippen LogP contribution < -0.4 is 0 Å². The second-order valence-electron chi connectivity index (χ2n) is 6.05. The summed E-state index contributed by atoms with van der Waals surface area (Å²) >= 11 is 0. The van der Waals surface area contributed by atoms with Crippen LogP contribution in [0.4, 0.5) is 0 Å². The third kappa shape index (κ3) is 4.83. The summed E-state index contributed by atoms with van der Waals surface area (Å²) in [5, 5.41) is 10.1. The number of aliphatic hydroxyl groups excluding tert-OH is 1. The minimum Gasteiger partial charge on any atom is -0.393 e. The van der Waals surface area contributed by atoms with E-state index in [2.05, 4.69) is 6.08 Å². The van der Waals surface area contributed by atoms with Gasteiger partial charge < -0.3 is 5.11 Å². The van der Waals surface area contributed by atoms with Gasteiger partial charge >= 0.3 is 0 Å². The van der Waals surface area contributed by atoms with Crippen molar-refractivity contribution in [2.75, 3.05) is 0 Å². The predicted molar refractivity (Wildman–Crippen MR) is 73.0 cm³/mol. The minimum absolute atomic E-state index is 0.0683. The second kappa shape index (κ2) is 7.20. The van der Waals surface area contributed by atoms with Crippen molar-refractivity contribution in [2.45, 2.75) is 83.2 Å². The Hall–Kier alpha value is -0.300. The normalized spacial score (nSPS) is 24.4. The van der Waals surface area contributed by atoms with Gasteiger partial charge in [-0.25, -0.2) is 0 Å². The van der Waals surface area contributed by atoms with Gasteiger partial charge in [0.15, 0.2) is 0 Å². The van der Waals surface area contributed by atoms with Crippen molar-refractivity contribution >= 4 is 0 Å². The summed E-state index contributed by atoms with van der Waals surface area (Å²) in [5.74, 6) is 0.915. The van der Waals surface area contributed by atoms with Crippen LogP contribution in [0.2, 0.25) is 0 Å². The van der Waals surface area contributed by atoms with Gasteiger partial charge in [-0.2, -0.15) is 0 Å². The predicted octanol–water partition coefficient (Wildman–Crippen LogP) is 4.60. The van der Waals surface area contributed by atoms with Gasteiger partial charge in [0.05, 0.1) is 6.10 Å². The van der Waals surface area contributed by atoms with E-state index in [9.17, 15) is 5.11 Å². The SMILES string of the molecule is OC(CCC1CCCCC1)CC1=CCCCC1. The van der Waals surface area contributed by atoms with Crippen LogP contribution in [0.1, 0.15) is 77.0 Å². The molecule has 1 atom stereocenters. The van der Waals surface area contributed by atoms with Crippen molar-refractivity contribution in [3.63, 3.8) is 0 Å². The van der Waals surface area contributed by atoms with Crippen molar-refractivity contribution in [1.29, 1.82) is 0 Å². The Balaban J connectivity index is 1.62. The Bertz CT molecular complexity index is 238. The zero-order valence-electron chi connectivity index (χ0n) is 11.2. The molecule has 1 heteroatoms. The summed E-state index contributed by atoms with van der Waals surface area (Å²) in [5.41, 5.74) is 1.52. The average Bonchev–Trinajstić information content (AvgIpc) is 2.39. The van der Waals surface area contributed by atoms with Crippen LogP contribution >= 0.6 is 0 Å². The van der Waals surface area contributed by atoms with Crippen LogP contribution in [-0.4, -0.2) is 11.2 Å². The van der Waals surface area contributed by atoms with Gasteiger partial charge in [0.25, 0.3) is 0 Å². The molecule has 2 aliphatic rings. The Labute approximate surface area is 106 Å². The Morgan fingerprint density at radius 3 is 2.65 bits per heavy atom. The lowest BCUT2D eigenvalue weighted by atomic mass is 9.84. The highest BCUT2D eigenvalue weighted by Gasteiger charge is 2.16. The molecule has 0 radical (unpaired) electrons. The maximum Gasteiger partial charge on any atom is 0.0577 e.